The number of hydrogen-bond acceptors (Lipinski definition) is 3. The predicted molar refractivity (Wildman–Crippen MR) is 82.8 cm³/mol. The molecule has 0 radical (unpaired) electrons. The number of nitro groups is 1. The Bertz CT molecular complexity index is 737. The van der Waals surface area contributed by atoms with E-state index in [1.807, 2.05) is 0 Å². The minimum absolute atomic E-state index is 0.0362. The maximum Gasteiger partial charge on any atom is 0.285 e. The Morgan fingerprint density at radius 2 is 1.95 bits per heavy atom. The van der Waals surface area contributed by atoms with Gasteiger partial charge in [-0.25, -0.2) is 4.39 Å². The molecule has 0 spiro atoms. The monoisotopic (exact) mass is 416 g/mol. The Morgan fingerprint density at radius 3 is 2.62 bits per heavy atom. The molecule has 0 unspecified atom stereocenters. The Labute approximate surface area is 135 Å². The normalized spacial score (nSPS) is 10.2. The van der Waals surface area contributed by atoms with Gasteiger partial charge in [-0.3, -0.25) is 14.9 Å². The highest BCUT2D eigenvalue weighted by atomic mass is 79.9. The fourth-order valence-corrected chi connectivity index (χ4v) is 2.44. The molecule has 8 heteroatoms. The summed E-state index contributed by atoms with van der Waals surface area (Å²) in [5.41, 5.74) is 0.165. The second-order valence-corrected chi connectivity index (χ2v) is 5.63. The van der Waals surface area contributed by atoms with Crippen molar-refractivity contribution in [3.63, 3.8) is 0 Å². The summed E-state index contributed by atoms with van der Waals surface area (Å²) in [4.78, 5) is 22.3. The van der Waals surface area contributed by atoms with Crippen LogP contribution in [-0.4, -0.2) is 10.8 Å². The van der Waals surface area contributed by atoms with Gasteiger partial charge in [0.25, 0.3) is 11.6 Å². The van der Waals surface area contributed by atoms with Crippen molar-refractivity contribution in [2.45, 2.75) is 0 Å². The molecule has 2 rings (SSSR count). The Kier molecular flexibility index (Phi) is 4.69. The second kappa shape index (κ2) is 6.31. The zero-order valence-corrected chi connectivity index (χ0v) is 13.4. The van der Waals surface area contributed by atoms with Crippen LogP contribution in [0.2, 0.25) is 0 Å². The summed E-state index contributed by atoms with van der Waals surface area (Å²) in [6, 6.07) is 8.23. The predicted octanol–water partition coefficient (Wildman–Crippen LogP) is 4.51. The van der Waals surface area contributed by atoms with E-state index >= 15 is 0 Å². The van der Waals surface area contributed by atoms with Gasteiger partial charge >= 0.3 is 0 Å². The minimum atomic E-state index is -0.572. The van der Waals surface area contributed by atoms with Gasteiger partial charge in [0.2, 0.25) is 0 Å². The van der Waals surface area contributed by atoms with Gasteiger partial charge in [0.05, 0.1) is 19.4 Å². The zero-order chi connectivity index (χ0) is 15.6. The van der Waals surface area contributed by atoms with Crippen LogP contribution in [0.3, 0.4) is 0 Å². The summed E-state index contributed by atoms with van der Waals surface area (Å²) >= 11 is 6.04. The van der Waals surface area contributed by atoms with E-state index in [4.69, 9.17) is 0 Å². The quantitative estimate of drug-likeness (QED) is 0.589. The number of anilines is 1. The molecule has 5 nitrogen and oxygen atoms in total. The van der Waals surface area contributed by atoms with Crippen molar-refractivity contribution in [3.05, 3.63) is 66.8 Å². The van der Waals surface area contributed by atoms with E-state index in [0.717, 1.165) is 0 Å². The minimum Gasteiger partial charge on any atom is -0.322 e. The molecule has 0 aliphatic carbocycles. The number of nitrogens with zero attached hydrogens (tertiary/aromatic N) is 1. The smallest absolute Gasteiger partial charge is 0.285 e. The molecule has 1 N–H and O–H groups in total. The van der Waals surface area contributed by atoms with Crippen molar-refractivity contribution in [2.75, 3.05) is 5.32 Å². The average molecular weight is 418 g/mol. The van der Waals surface area contributed by atoms with E-state index in [2.05, 4.69) is 37.2 Å². The maximum atomic E-state index is 13.4. The molecule has 21 heavy (non-hydrogen) atoms. The molecule has 0 saturated heterocycles. The van der Waals surface area contributed by atoms with Gasteiger partial charge in [0, 0.05) is 11.8 Å². The van der Waals surface area contributed by atoms with Crippen LogP contribution in [0.4, 0.5) is 15.8 Å². The topological polar surface area (TPSA) is 72.2 Å². The lowest BCUT2D eigenvalue weighted by atomic mass is 10.2. The third-order valence-corrected chi connectivity index (χ3v) is 4.07. The van der Waals surface area contributed by atoms with Gasteiger partial charge in [-0.15, -0.1) is 0 Å². The summed E-state index contributed by atoms with van der Waals surface area (Å²) < 4.78 is 13.7. The number of carbonyl (C=O) groups excluding carboxylic acids is 1. The lowest BCUT2D eigenvalue weighted by Gasteiger charge is -2.07. The van der Waals surface area contributed by atoms with Crippen molar-refractivity contribution >= 4 is 49.1 Å². The maximum absolute atomic E-state index is 13.4. The van der Waals surface area contributed by atoms with Crippen molar-refractivity contribution in [1.29, 1.82) is 0 Å². The summed E-state index contributed by atoms with van der Waals surface area (Å²) in [7, 11) is 0. The van der Waals surface area contributed by atoms with Gasteiger partial charge in [-0.2, -0.15) is 0 Å². The fourth-order valence-electron chi connectivity index (χ4n) is 1.61. The van der Waals surface area contributed by atoms with Gasteiger partial charge < -0.3 is 5.32 Å². The highest BCUT2D eigenvalue weighted by Crippen LogP contribution is 2.28. The van der Waals surface area contributed by atoms with Crippen LogP contribution in [0.1, 0.15) is 10.4 Å². The van der Waals surface area contributed by atoms with E-state index in [0.29, 0.717) is 4.47 Å². The molecule has 108 valence electrons. The largest absolute Gasteiger partial charge is 0.322 e. The van der Waals surface area contributed by atoms with Gasteiger partial charge in [0.1, 0.15) is 5.82 Å². The van der Waals surface area contributed by atoms with Crippen LogP contribution in [0.15, 0.2) is 45.3 Å². The lowest BCUT2D eigenvalue weighted by Crippen LogP contribution is -2.13. The molecule has 0 heterocycles. The Balaban J connectivity index is 2.30. The number of carbonyl (C=O) groups is 1. The van der Waals surface area contributed by atoms with Crippen molar-refractivity contribution in [2.24, 2.45) is 0 Å². The highest BCUT2D eigenvalue weighted by Gasteiger charge is 2.16. The van der Waals surface area contributed by atoms with Crippen LogP contribution in [0, 0.1) is 15.9 Å². The molecule has 0 fully saturated rings. The molecule has 2 aromatic rings. The number of hydrogen-bond donors (Lipinski definition) is 1. The summed E-state index contributed by atoms with van der Waals surface area (Å²) in [6.45, 7) is 0. The van der Waals surface area contributed by atoms with Crippen molar-refractivity contribution in [1.82, 2.24) is 0 Å². The summed E-state index contributed by atoms with van der Waals surface area (Å²) in [6.07, 6.45) is 0. The van der Waals surface area contributed by atoms with Gasteiger partial charge in [-0.1, -0.05) is 6.07 Å². The highest BCUT2D eigenvalue weighted by molar-refractivity contribution is 9.11. The number of amides is 1. The Morgan fingerprint density at radius 1 is 1.24 bits per heavy atom. The molecule has 0 aliphatic heterocycles. The van der Waals surface area contributed by atoms with Crippen molar-refractivity contribution in [3.8, 4) is 0 Å². The van der Waals surface area contributed by atoms with Crippen LogP contribution in [0.25, 0.3) is 0 Å². The SMILES string of the molecule is O=C(Nc1ccc(Br)c([N+](=O)[O-])c1)c1cccc(F)c1Br. The number of benzene rings is 2. The average Bonchev–Trinajstić information content (AvgIpc) is 2.43. The number of nitrogens with one attached hydrogen (secondary N) is 1. The van der Waals surface area contributed by atoms with Crippen LogP contribution < -0.4 is 5.32 Å². The van der Waals surface area contributed by atoms with E-state index in [1.54, 1.807) is 0 Å². The molecular formula is C13H7Br2FN2O3. The molecule has 0 bridgehead atoms. The standard InChI is InChI=1S/C13H7Br2FN2O3/c14-9-5-4-7(6-11(9)18(20)21)17-13(19)8-2-1-3-10(16)12(8)15/h1-6H,(H,17,19). The molecular weight excluding hydrogens is 411 g/mol. The van der Waals surface area contributed by atoms with Crippen molar-refractivity contribution < 1.29 is 14.1 Å². The van der Waals surface area contributed by atoms with Gasteiger partial charge in [-0.05, 0) is 56.1 Å². The molecule has 1 amide bonds. The summed E-state index contributed by atoms with van der Waals surface area (Å²) in [5, 5.41) is 13.3. The van der Waals surface area contributed by atoms with E-state index in [9.17, 15) is 19.3 Å². The van der Waals surface area contributed by atoms with Crippen LogP contribution >= 0.6 is 31.9 Å². The second-order valence-electron chi connectivity index (χ2n) is 3.98. The van der Waals surface area contributed by atoms with Crippen LogP contribution in [0.5, 0.6) is 0 Å². The first-order valence-corrected chi connectivity index (χ1v) is 7.18. The number of halogens is 3. The zero-order valence-electron chi connectivity index (χ0n) is 10.3. The summed E-state index contributed by atoms with van der Waals surface area (Å²) in [5.74, 6) is -1.14. The van der Waals surface area contributed by atoms with Crippen LogP contribution in [-0.2, 0) is 0 Å². The first-order chi connectivity index (χ1) is 9.90. The number of rotatable bonds is 3. The molecule has 0 aliphatic rings. The first-order valence-electron chi connectivity index (χ1n) is 5.59. The van der Waals surface area contributed by atoms with Gasteiger partial charge in [0.15, 0.2) is 0 Å². The molecule has 0 atom stereocenters. The first kappa shape index (κ1) is 15.6. The lowest BCUT2D eigenvalue weighted by molar-refractivity contribution is -0.385. The third kappa shape index (κ3) is 3.45. The molecule has 0 aromatic heterocycles. The van der Waals surface area contributed by atoms with E-state index < -0.39 is 16.6 Å². The third-order valence-electron chi connectivity index (χ3n) is 2.60. The Hall–Kier alpha value is -1.80. The fraction of sp³-hybridized carbons (Fsp3) is 0. The molecule has 2 aromatic carbocycles. The number of nitro benzene ring substituents is 1. The molecule has 0 saturated carbocycles. The van der Waals surface area contributed by atoms with E-state index in [-0.39, 0.29) is 21.4 Å². The van der Waals surface area contributed by atoms with E-state index in [1.165, 1.54) is 36.4 Å².